The molecule has 0 aromatic carbocycles. The minimum atomic E-state index is -1.15. The Bertz CT molecular complexity index is 473. The van der Waals surface area contributed by atoms with Gasteiger partial charge in [0.2, 0.25) is 0 Å². The van der Waals surface area contributed by atoms with Gasteiger partial charge >= 0.3 is 11.9 Å². The number of hydrogen-bond donors (Lipinski definition) is 0. The van der Waals surface area contributed by atoms with Gasteiger partial charge in [-0.05, 0) is 43.9 Å². The van der Waals surface area contributed by atoms with E-state index in [1.54, 1.807) is 0 Å². The normalized spacial score (nSPS) is 25.9. The molecule has 0 saturated heterocycles. The van der Waals surface area contributed by atoms with E-state index in [9.17, 15) is 9.59 Å². The standard InChI is InChI=1S/C18H26O4/c1-4-5-6-13-7-8-14-10-15(9-13)12-18(11-14,16(19)21-2)17(20)22-3/h7-9,14-15H,4-6,10-12H2,1-3H3. The number of fused-ring (bicyclic) bond motifs is 2. The number of hydrogen-bond acceptors (Lipinski definition) is 4. The van der Waals surface area contributed by atoms with Crippen molar-refractivity contribution in [3.8, 4) is 0 Å². The summed E-state index contributed by atoms with van der Waals surface area (Å²) in [4.78, 5) is 24.6. The van der Waals surface area contributed by atoms with Crippen molar-refractivity contribution in [3.63, 3.8) is 0 Å². The minimum Gasteiger partial charge on any atom is -0.468 e. The molecule has 0 amide bonds. The van der Waals surface area contributed by atoms with Crippen molar-refractivity contribution < 1.29 is 19.1 Å². The average molecular weight is 306 g/mol. The van der Waals surface area contributed by atoms with Gasteiger partial charge in [0.05, 0.1) is 14.2 Å². The molecule has 4 nitrogen and oxygen atoms in total. The van der Waals surface area contributed by atoms with E-state index in [1.165, 1.54) is 19.8 Å². The van der Waals surface area contributed by atoms with E-state index in [4.69, 9.17) is 9.47 Å². The number of unbranched alkanes of at least 4 members (excludes halogenated alkanes) is 1. The molecule has 1 saturated carbocycles. The zero-order valence-electron chi connectivity index (χ0n) is 13.8. The molecular formula is C18H26O4. The molecule has 4 heteroatoms. The molecule has 2 rings (SSSR count). The second-order valence-electron chi connectivity index (χ2n) is 6.43. The Morgan fingerprint density at radius 2 is 1.82 bits per heavy atom. The summed E-state index contributed by atoms with van der Waals surface area (Å²) in [7, 11) is 2.67. The number of carbonyl (C=O) groups excluding carboxylic acids is 2. The second kappa shape index (κ2) is 7.12. The fourth-order valence-corrected chi connectivity index (χ4v) is 3.78. The molecule has 2 bridgehead atoms. The van der Waals surface area contributed by atoms with Crippen LogP contribution in [0, 0.1) is 17.3 Å². The van der Waals surface area contributed by atoms with Crippen LogP contribution in [0.1, 0.15) is 45.4 Å². The van der Waals surface area contributed by atoms with E-state index in [0.717, 1.165) is 25.7 Å². The van der Waals surface area contributed by atoms with E-state index in [0.29, 0.717) is 12.8 Å². The number of ether oxygens (including phenoxy) is 2. The van der Waals surface area contributed by atoms with Gasteiger partial charge in [-0.25, -0.2) is 0 Å². The lowest BCUT2D eigenvalue weighted by atomic mass is 9.65. The third kappa shape index (κ3) is 3.26. The summed E-state index contributed by atoms with van der Waals surface area (Å²) in [5.74, 6) is -0.494. The first kappa shape index (κ1) is 16.8. The van der Waals surface area contributed by atoms with Gasteiger partial charge in [-0.1, -0.05) is 37.1 Å². The van der Waals surface area contributed by atoms with Gasteiger partial charge in [-0.2, -0.15) is 0 Å². The molecule has 1 fully saturated rings. The first-order valence-corrected chi connectivity index (χ1v) is 8.11. The molecule has 0 radical (unpaired) electrons. The summed E-state index contributed by atoms with van der Waals surface area (Å²) in [6.07, 6.45) is 11.9. The maximum Gasteiger partial charge on any atom is 0.323 e. The van der Waals surface area contributed by atoms with Gasteiger partial charge in [-0.3, -0.25) is 9.59 Å². The van der Waals surface area contributed by atoms with Crippen LogP contribution in [0.2, 0.25) is 0 Å². The maximum absolute atomic E-state index is 12.3. The predicted octanol–water partition coefficient (Wildman–Crippen LogP) is 3.42. The third-order valence-electron chi connectivity index (χ3n) is 4.83. The first-order valence-electron chi connectivity index (χ1n) is 8.11. The van der Waals surface area contributed by atoms with E-state index >= 15 is 0 Å². The van der Waals surface area contributed by atoms with Gasteiger partial charge in [0.1, 0.15) is 0 Å². The average Bonchev–Trinajstić information content (AvgIpc) is 2.68. The SMILES string of the molecule is CCCCC1=CC2CC(C=C1)CC(C(=O)OC)(C(=O)OC)C2. The Balaban J connectivity index is 2.29. The van der Waals surface area contributed by atoms with Crippen molar-refractivity contribution >= 4 is 11.9 Å². The summed E-state index contributed by atoms with van der Waals surface area (Å²) in [6, 6.07) is 0. The molecule has 22 heavy (non-hydrogen) atoms. The number of carbonyl (C=O) groups is 2. The minimum absolute atomic E-state index is 0.215. The van der Waals surface area contributed by atoms with Crippen LogP contribution in [0.5, 0.6) is 0 Å². The zero-order valence-corrected chi connectivity index (χ0v) is 13.8. The molecule has 0 aliphatic heterocycles. The van der Waals surface area contributed by atoms with Gasteiger partial charge < -0.3 is 9.47 Å². The van der Waals surface area contributed by atoms with Gasteiger partial charge in [0.25, 0.3) is 0 Å². The van der Waals surface area contributed by atoms with Crippen molar-refractivity contribution in [1.82, 2.24) is 0 Å². The molecule has 0 aromatic heterocycles. The van der Waals surface area contributed by atoms with Crippen molar-refractivity contribution in [3.05, 3.63) is 23.8 Å². The lowest BCUT2D eigenvalue weighted by Gasteiger charge is -2.38. The number of rotatable bonds is 5. The highest BCUT2D eigenvalue weighted by atomic mass is 16.5. The molecule has 2 unspecified atom stereocenters. The monoisotopic (exact) mass is 306 g/mol. The van der Waals surface area contributed by atoms with Crippen LogP contribution in [0.4, 0.5) is 0 Å². The Morgan fingerprint density at radius 3 is 2.41 bits per heavy atom. The highest BCUT2D eigenvalue weighted by Gasteiger charge is 2.53. The summed E-state index contributed by atoms with van der Waals surface area (Å²) < 4.78 is 9.86. The molecule has 2 aliphatic rings. The van der Waals surface area contributed by atoms with E-state index in [2.05, 4.69) is 25.2 Å². The zero-order chi connectivity index (χ0) is 16.2. The van der Waals surface area contributed by atoms with Crippen LogP contribution in [-0.4, -0.2) is 26.2 Å². The fourth-order valence-electron chi connectivity index (χ4n) is 3.78. The van der Waals surface area contributed by atoms with Gasteiger partial charge in [0.15, 0.2) is 5.41 Å². The smallest absolute Gasteiger partial charge is 0.323 e. The molecule has 122 valence electrons. The summed E-state index contributed by atoms with van der Waals surface area (Å²) >= 11 is 0. The summed E-state index contributed by atoms with van der Waals surface area (Å²) in [5.41, 5.74) is 0.165. The molecule has 2 aliphatic carbocycles. The lowest BCUT2D eigenvalue weighted by molar-refractivity contribution is -0.173. The van der Waals surface area contributed by atoms with E-state index in [1.807, 2.05) is 0 Å². The quantitative estimate of drug-likeness (QED) is 0.577. The summed E-state index contributed by atoms with van der Waals surface area (Å²) in [5, 5.41) is 0. The maximum atomic E-state index is 12.3. The summed E-state index contributed by atoms with van der Waals surface area (Å²) in [6.45, 7) is 2.18. The lowest BCUT2D eigenvalue weighted by Crippen LogP contribution is -2.46. The van der Waals surface area contributed by atoms with Crippen LogP contribution in [-0.2, 0) is 19.1 Å². The molecule has 0 heterocycles. The highest BCUT2D eigenvalue weighted by molar-refractivity contribution is 6.00. The fraction of sp³-hybridized carbons (Fsp3) is 0.667. The Morgan fingerprint density at radius 1 is 1.18 bits per heavy atom. The Hall–Kier alpha value is -1.58. The highest BCUT2D eigenvalue weighted by Crippen LogP contribution is 2.47. The van der Waals surface area contributed by atoms with Crippen LogP contribution in [0.15, 0.2) is 23.8 Å². The van der Waals surface area contributed by atoms with E-state index in [-0.39, 0.29) is 11.8 Å². The van der Waals surface area contributed by atoms with Crippen molar-refractivity contribution in [2.75, 3.05) is 14.2 Å². The third-order valence-corrected chi connectivity index (χ3v) is 4.83. The van der Waals surface area contributed by atoms with Crippen LogP contribution >= 0.6 is 0 Å². The van der Waals surface area contributed by atoms with Crippen molar-refractivity contribution in [2.45, 2.75) is 45.4 Å². The molecule has 0 spiro atoms. The second-order valence-corrected chi connectivity index (χ2v) is 6.43. The number of allylic oxidation sites excluding steroid dienone is 4. The van der Waals surface area contributed by atoms with Gasteiger partial charge in [-0.15, -0.1) is 0 Å². The van der Waals surface area contributed by atoms with E-state index < -0.39 is 17.4 Å². The van der Waals surface area contributed by atoms with Crippen LogP contribution in [0.25, 0.3) is 0 Å². The Labute approximate surface area is 132 Å². The van der Waals surface area contributed by atoms with Crippen LogP contribution < -0.4 is 0 Å². The van der Waals surface area contributed by atoms with Crippen molar-refractivity contribution in [1.29, 1.82) is 0 Å². The largest absolute Gasteiger partial charge is 0.468 e. The number of methoxy groups -OCH3 is 2. The Kier molecular flexibility index (Phi) is 5.43. The predicted molar refractivity (Wildman–Crippen MR) is 84.0 cm³/mol. The first-order chi connectivity index (χ1) is 10.6. The topological polar surface area (TPSA) is 52.6 Å². The van der Waals surface area contributed by atoms with Crippen molar-refractivity contribution in [2.24, 2.45) is 17.3 Å². The van der Waals surface area contributed by atoms with Gasteiger partial charge in [0, 0.05) is 0 Å². The van der Waals surface area contributed by atoms with Crippen LogP contribution in [0.3, 0.4) is 0 Å². The molecule has 0 N–H and O–H groups in total. The molecule has 0 aromatic rings. The molecule has 2 atom stereocenters. The number of esters is 2. The molecular weight excluding hydrogens is 280 g/mol.